The van der Waals surface area contributed by atoms with E-state index in [1.165, 1.54) is 19.2 Å². The van der Waals surface area contributed by atoms with E-state index in [0.29, 0.717) is 36.3 Å². The summed E-state index contributed by atoms with van der Waals surface area (Å²) in [5.41, 5.74) is 1.13. The number of anilines is 1. The second-order valence-electron chi connectivity index (χ2n) is 6.76. The third-order valence-electron chi connectivity index (χ3n) is 4.84. The van der Waals surface area contributed by atoms with E-state index in [4.69, 9.17) is 4.74 Å². The summed E-state index contributed by atoms with van der Waals surface area (Å²) < 4.78 is 31.9. The molecule has 0 aliphatic carbocycles. The highest BCUT2D eigenvalue weighted by atomic mass is 32.2. The number of rotatable bonds is 4. The Morgan fingerprint density at radius 3 is 2.39 bits per heavy atom. The van der Waals surface area contributed by atoms with Gasteiger partial charge in [-0.1, -0.05) is 12.1 Å². The van der Waals surface area contributed by atoms with Gasteiger partial charge in [0.05, 0.1) is 29.1 Å². The van der Waals surface area contributed by atoms with Crippen molar-refractivity contribution in [2.75, 3.05) is 25.1 Å². The Balaban J connectivity index is 1.89. The third-order valence-corrected chi connectivity index (χ3v) is 6.52. The monoisotopic (exact) mass is 399 g/mol. The maximum atomic E-state index is 13.4. The number of ether oxygens (including phenoxy) is 1. The van der Waals surface area contributed by atoms with E-state index in [1.807, 2.05) is 11.0 Å². The Labute approximate surface area is 163 Å². The van der Waals surface area contributed by atoms with Crippen LogP contribution in [0, 0.1) is 0 Å². The lowest BCUT2D eigenvalue weighted by Crippen LogP contribution is -2.39. The van der Waals surface area contributed by atoms with Crippen molar-refractivity contribution >= 4 is 26.7 Å². The number of methoxy groups -OCH3 is 1. The van der Waals surface area contributed by atoms with Gasteiger partial charge in [-0.25, -0.2) is 18.4 Å². The molecule has 0 spiro atoms. The fourth-order valence-corrected chi connectivity index (χ4v) is 4.73. The number of sulfone groups is 1. The molecule has 0 bridgehead atoms. The number of hydrogen-bond donors (Lipinski definition) is 1. The molecule has 0 radical (unpaired) electrons. The first-order valence-electron chi connectivity index (χ1n) is 9.08. The molecule has 1 fully saturated rings. The van der Waals surface area contributed by atoms with Crippen molar-refractivity contribution in [3.63, 3.8) is 0 Å². The normalized spacial score (nSPS) is 17.6. The molecule has 1 saturated heterocycles. The number of nitrogens with zero attached hydrogens (tertiary/aromatic N) is 3. The van der Waals surface area contributed by atoms with Crippen molar-refractivity contribution in [2.24, 2.45) is 0 Å². The van der Waals surface area contributed by atoms with Gasteiger partial charge in [-0.2, -0.15) is 0 Å². The Hall–Kier alpha value is -2.71. The number of benzene rings is 2. The molecule has 0 amide bonds. The lowest BCUT2D eigenvalue weighted by atomic mass is 10.1. The second kappa shape index (κ2) is 7.37. The average Bonchev–Trinajstić information content (AvgIpc) is 2.73. The highest BCUT2D eigenvalue weighted by molar-refractivity contribution is 7.91. The zero-order chi connectivity index (χ0) is 19.7. The fraction of sp³-hybridized carbons (Fsp3) is 0.300. The van der Waals surface area contributed by atoms with Crippen LogP contribution in [0.5, 0.6) is 5.75 Å². The largest absolute Gasteiger partial charge is 0.497 e. The highest BCUT2D eigenvalue weighted by Gasteiger charge is 2.30. The van der Waals surface area contributed by atoms with Crippen molar-refractivity contribution in [3.05, 3.63) is 48.5 Å². The molecule has 28 heavy (non-hydrogen) atoms. The molecular formula is C20H21N3O4S. The molecule has 1 N–H and O–H groups in total. The minimum atomic E-state index is -3.91. The van der Waals surface area contributed by atoms with Crippen LogP contribution in [0.25, 0.3) is 11.0 Å². The van der Waals surface area contributed by atoms with Gasteiger partial charge in [0.1, 0.15) is 5.75 Å². The summed E-state index contributed by atoms with van der Waals surface area (Å²) in [6.45, 7) is 0.952. The van der Waals surface area contributed by atoms with Gasteiger partial charge in [0.2, 0.25) is 14.9 Å². The Morgan fingerprint density at radius 2 is 1.75 bits per heavy atom. The molecule has 0 saturated carbocycles. The summed E-state index contributed by atoms with van der Waals surface area (Å²) in [5.74, 6) is 0.858. The van der Waals surface area contributed by atoms with E-state index in [1.54, 1.807) is 30.3 Å². The molecule has 2 aromatic carbocycles. The molecule has 8 heteroatoms. The molecule has 1 aliphatic rings. The number of hydrogen-bond acceptors (Lipinski definition) is 7. The number of piperidine rings is 1. The van der Waals surface area contributed by atoms with Crippen molar-refractivity contribution in [1.29, 1.82) is 0 Å². The van der Waals surface area contributed by atoms with Crippen molar-refractivity contribution in [2.45, 2.75) is 28.9 Å². The summed E-state index contributed by atoms with van der Waals surface area (Å²) in [7, 11) is -2.38. The standard InChI is InChI=1S/C20H21N3O4S/c1-27-15-8-10-16(11-9-15)28(25,26)20-19(23-12-4-5-14(24)13-23)21-17-6-2-3-7-18(17)22-20/h2-3,6-11,14,24H,4-5,12-13H2,1H3. The molecular weight excluding hydrogens is 378 g/mol. The predicted octanol–water partition coefficient (Wildman–Crippen LogP) is 2.43. The van der Waals surface area contributed by atoms with Crippen LogP contribution in [-0.2, 0) is 9.84 Å². The van der Waals surface area contributed by atoms with E-state index in [2.05, 4.69) is 9.97 Å². The number of aromatic nitrogens is 2. The van der Waals surface area contributed by atoms with Crippen LogP contribution >= 0.6 is 0 Å². The number of aliphatic hydroxyl groups is 1. The maximum absolute atomic E-state index is 13.4. The number of para-hydroxylation sites is 2. The molecule has 4 rings (SSSR count). The van der Waals surface area contributed by atoms with E-state index >= 15 is 0 Å². The van der Waals surface area contributed by atoms with Crippen LogP contribution in [-0.4, -0.2) is 49.8 Å². The summed E-state index contributed by atoms with van der Waals surface area (Å²) in [5, 5.41) is 9.98. The third kappa shape index (κ3) is 3.41. The van der Waals surface area contributed by atoms with Crippen LogP contribution < -0.4 is 9.64 Å². The Kier molecular flexibility index (Phi) is 4.91. The van der Waals surface area contributed by atoms with E-state index in [0.717, 1.165) is 6.42 Å². The second-order valence-corrected chi connectivity index (χ2v) is 8.63. The lowest BCUT2D eigenvalue weighted by molar-refractivity contribution is 0.153. The van der Waals surface area contributed by atoms with Crippen molar-refractivity contribution in [1.82, 2.24) is 9.97 Å². The molecule has 1 aromatic heterocycles. The van der Waals surface area contributed by atoms with Crippen LogP contribution in [0.3, 0.4) is 0 Å². The Morgan fingerprint density at radius 1 is 1.07 bits per heavy atom. The number of β-amino-alcohol motifs (C(OH)–C–C–N with tert-alkyl or cyclic N) is 1. The van der Waals surface area contributed by atoms with E-state index in [-0.39, 0.29) is 15.7 Å². The first kappa shape index (κ1) is 18.6. The average molecular weight is 399 g/mol. The molecule has 1 atom stereocenters. The zero-order valence-corrected chi connectivity index (χ0v) is 16.3. The summed E-state index contributed by atoms with van der Waals surface area (Å²) >= 11 is 0. The minimum Gasteiger partial charge on any atom is -0.497 e. The van der Waals surface area contributed by atoms with Gasteiger partial charge in [-0.05, 0) is 49.2 Å². The highest BCUT2D eigenvalue weighted by Crippen LogP contribution is 2.31. The van der Waals surface area contributed by atoms with Gasteiger partial charge in [-0.15, -0.1) is 0 Å². The van der Waals surface area contributed by atoms with Gasteiger partial charge in [0, 0.05) is 13.1 Å². The molecule has 7 nitrogen and oxygen atoms in total. The minimum absolute atomic E-state index is 0.0922. The first-order chi connectivity index (χ1) is 13.5. The summed E-state index contributed by atoms with van der Waals surface area (Å²) in [6, 6.07) is 13.4. The van der Waals surface area contributed by atoms with Gasteiger partial charge >= 0.3 is 0 Å². The first-order valence-corrected chi connectivity index (χ1v) is 10.6. The topological polar surface area (TPSA) is 92.6 Å². The molecule has 1 unspecified atom stereocenters. The molecule has 2 heterocycles. The van der Waals surface area contributed by atoms with Gasteiger partial charge < -0.3 is 14.7 Å². The van der Waals surface area contributed by atoms with Crippen LogP contribution in [0.2, 0.25) is 0 Å². The summed E-state index contributed by atoms with van der Waals surface area (Å²) in [4.78, 5) is 11.0. The van der Waals surface area contributed by atoms with Crippen LogP contribution in [0.4, 0.5) is 5.82 Å². The fourth-order valence-electron chi connectivity index (χ4n) is 3.37. The Bertz CT molecular complexity index is 1100. The van der Waals surface area contributed by atoms with Crippen molar-refractivity contribution in [3.8, 4) is 5.75 Å². The van der Waals surface area contributed by atoms with E-state index < -0.39 is 15.9 Å². The molecule has 1 aliphatic heterocycles. The van der Waals surface area contributed by atoms with Gasteiger partial charge in [0.15, 0.2) is 5.82 Å². The summed E-state index contributed by atoms with van der Waals surface area (Å²) in [6.07, 6.45) is 0.939. The predicted molar refractivity (Wildman–Crippen MR) is 105 cm³/mol. The maximum Gasteiger partial charge on any atom is 0.227 e. The van der Waals surface area contributed by atoms with Crippen LogP contribution in [0.15, 0.2) is 58.5 Å². The number of aliphatic hydroxyl groups excluding tert-OH is 1. The van der Waals surface area contributed by atoms with Crippen LogP contribution in [0.1, 0.15) is 12.8 Å². The zero-order valence-electron chi connectivity index (χ0n) is 15.4. The number of fused-ring (bicyclic) bond motifs is 1. The smallest absolute Gasteiger partial charge is 0.227 e. The molecule has 146 valence electrons. The van der Waals surface area contributed by atoms with Crippen molar-refractivity contribution < 1.29 is 18.3 Å². The SMILES string of the molecule is COc1ccc(S(=O)(=O)c2nc3ccccc3nc2N2CCCC(O)C2)cc1. The van der Waals surface area contributed by atoms with Gasteiger partial charge in [0.25, 0.3) is 0 Å². The van der Waals surface area contributed by atoms with Gasteiger partial charge in [-0.3, -0.25) is 0 Å². The van der Waals surface area contributed by atoms with E-state index in [9.17, 15) is 13.5 Å². The quantitative estimate of drug-likeness (QED) is 0.720. The lowest BCUT2D eigenvalue weighted by Gasteiger charge is -2.31. The molecule has 3 aromatic rings.